The molecule has 2 rings (SSSR count). The number of carbonyl (C=O) groups excluding carboxylic acids is 2. The second kappa shape index (κ2) is 4.74. The van der Waals surface area contributed by atoms with Gasteiger partial charge in [-0.2, -0.15) is 0 Å². The number of nitrogens with zero attached hydrogens (tertiary/aromatic N) is 1. The Morgan fingerprint density at radius 2 is 1.75 bits per heavy atom. The Morgan fingerprint density at radius 3 is 2.15 bits per heavy atom. The van der Waals surface area contributed by atoms with Crippen molar-refractivity contribution in [2.24, 2.45) is 17.3 Å². The fourth-order valence-corrected chi connectivity index (χ4v) is 3.31. The van der Waals surface area contributed by atoms with Crippen LogP contribution in [0.1, 0.15) is 54.4 Å². The van der Waals surface area contributed by atoms with E-state index in [1.807, 2.05) is 18.7 Å². The predicted molar refractivity (Wildman–Crippen MR) is 79.1 cm³/mol. The molecule has 0 aromatic rings. The average Bonchev–Trinajstić information content (AvgIpc) is 3.05. The standard InChI is InChI=1S/C16H28N2O2/c1-10(2)12-13(19)17-15(5,6)14(20)18(12)9-16(7-8-16)11(3)4/h10-12H,7-9H2,1-6H3,(H,17,19). The van der Waals surface area contributed by atoms with E-state index in [9.17, 15) is 9.59 Å². The van der Waals surface area contributed by atoms with Crippen LogP contribution in [0.25, 0.3) is 0 Å². The summed E-state index contributed by atoms with van der Waals surface area (Å²) >= 11 is 0. The lowest BCUT2D eigenvalue weighted by Gasteiger charge is -2.46. The van der Waals surface area contributed by atoms with Gasteiger partial charge in [-0.15, -0.1) is 0 Å². The van der Waals surface area contributed by atoms with Crippen molar-refractivity contribution < 1.29 is 9.59 Å². The molecule has 1 heterocycles. The van der Waals surface area contributed by atoms with Crippen molar-refractivity contribution >= 4 is 11.8 Å². The number of nitrogens with one attached hydrogen (secondary N) is 1. The van der Waals surface area contributed by atoms with Crippen LogP contribution in [-0.4, -0.2) is 34.8 Å². The summed E-state index contributed by atoms with van der Waals surface area (Å²) in [4.78, 5) is 27.0. The minimum absolute atomic E-state index is 0.0100. The Labute approximate surface area is 122 Å². The predicted octanol–water partition coefficient (Wildman–Crippen LogP) is 2.18. The SMILES string of the molecule is CC(C)C1C(=O)NC(C)(C)C(=O)N1CC1(C(C)C)CC1. The van der Waals surface area contributed by atoms with Crippen LogP contribution in [0.4, 0.5) is 0 Å². The Kier molecular flexibility index (Phi) is 3.64. The highest BCUT2D eigenvalue weighted by Crippen LogP contribution is 2.53. The fourth-order valence-electron chi connectivity index (χ4n) is 3.31. The molecule has 1 unspecified atom stereocenters. The average molecular weight is 280 g/mol. The molecule has 1 aliphatic heterocycles. The molecule has 1 saturated carbocycles. The summed E-state index contributed by atoms with van der Waals surface area (Å²) in [5.41, 5.74) is -0.550. The highest BCUT2D eigenvalue weighted by molar-refractivity contribution is 5.99. The highest BCUT2D eigenvalue weighted by atomic mass is 16.2. The number of hydrogen-bond donors (Lipinski definition) is 1. The lowest BCUT2D eigenvalue weighted by Crippen LogP contribution is -2.70. The third-order valence-corrected chi connectivity index (χ3v) is 5.07. The van der Waals surface area contributed by atoms with Crippen LogP contribution in [0.3, 0.4) is 0 Å². The zero-order chi connectivity index (χ0) is 15.3. The van der Waals surface area contributed by atoms with Crippen molar-refractivity contribution in [3.63, 3.8) is 0 Å². The smallest absolute Gasteiger partial charge is 0.248 e. The van der Waals surface area contributed by atoms with E-state index in [0.29, 0.717) is 5.92 Å². The van der Waals surface area contributed by atoms with E-state index in [0.717, 1.165) is 6.54 Å². The molecule has 1 N–H and O–H groups in total. The molecule has 2 amide bonds. The first-order valence-corrected chi connectivity index (χ1v) is 7.74. The molecule has 2 aliphatic rings. The summed E-state index contributed by atoms with van der Waals surface area (Å²) in [6.45, 7) is 12.8. The van der Waals surface area contributed by atoms with Crippen LogP contribution >= 0.6 is 0 Å². The maximum atomic E-state index is 12.7. The Morgan fingerprint density at radius 1 is 1.20 bits per heavy atom. The van der Waals surface area contributed by atoms with Gasteiger partial charge in [0.2, 0.25) is 11.8 Å². The van der Waals surface area contributed by atoms with Crippen molar-refractivity contribution in [2.45, 2.75) is 66.0 Å². The van der Waals surface area contributed by atoms with Gasteiger partial charge in [0.05, 0.1) is 0 Å². The van der Waals surface area contributed by atoms with Gasteiger partial charge >= 0.3 is 0 Å². The molecule has 0 radical (unpaired) electrons. The van der Waals surface area contributed by atoms with Crippen LogP contribution in [0.5, 0.6) is 0 Å². The monoisotopic (exact) mass is 280 g/mol. The molecule has 1 saturated heterocycles. The Balaban J connectivity index is 2.29. The third kappa shape index (κ3) is 2.45. The van der Waals surface area contributed by atoms with E-state index < -0.39 is 5.54 Å². The van der Waals surface area contributed by atoms with Gasteiger partial charge in [0.1, 0.15) is 11.6 Å². The summed E-state index contributed by atoms with van der Waals surface area (Å²) in [7, 11) is 0. The molecule has 0 spiro atoms. The van der Waals surface area contributed by atoms with Gasteiger partial charge in [-0.25, -0.2) is 0 Å². The molecule has 0 aromatic heterocycles. The second-order valence-electron chi connectivity index (χ2n) is 7.75. The van der Waals surface area contributed by atoms with Crippen LogP contribution in [0.15, 0.2) is 0 Å². The molecule has 4 heteroatoms. The molecule has 1 atom stereocenters. The van der Waals surface area contributed by atoms with Gasteiger partial charge in [-0.05, 0) is 43.9 Å². The van der Waals surface area contributed by atoms with Crippen molar-refractivity contribution in [2.75, 3.05) is 6.54 Å². The normalized spacial score (nSPS) is 28.0. The lowest BCUT2D eigenvalue weighted by atomic mass is 9.86. The molecule has 20 heavy (non-hydrogen) atoms. The van der Waals surface area contributed by atoms with Gasteiger partial charge in [-0.3, -0.25) is 9.59 Å². The second-order valence-corrected chi connectivity index (χ2v) is 7.75. The minimum Gasteiger partial charge on any atom is -0.340 e. The Hall–Kier alpha value is -1.06. The zero-order valence-corrected chi connectivity index (χ0v) is 13.6. The van der Waals surface area contributed by atoms with Crippen LogP contribution < -0.4 is 5.32 Å². The van der Waals surface area contributed by atoms with Crippen LogP contribution in [-0.2, 0) is 9.59 Å². The first kappa shape index (κ1) is 15.3. The summed E-state index contributed by atoms with van der Waals surface area (Å²) < 4.78 is 0. The molecule has 114 valence electrons. The van der Waals surface area contributed by atoms with E-state index in [1.54, 1.807) is 13.8 Å². The van der Waals surface area contributed by atoms with Crippen molar-refractivity contribution in [3.05, 3.63) is 0 Å². The first-order chi connectivity index (χ1) is 9.11. The van der Waals surface area contributed by atoms with E-state index in [1.165, 1.54) is 12.8 Å². The molecule has 2 fully saturated rings. The summed E-state index contributed by atoms with van der Waals surface area (Å²) in [5.74, 6) is 0.737. The summed E-state index contributed by atoms with van der Waals surface area (Å²) in [6.07, 6.45) is 2.34. The quantitative estimate of drug-likeness (QED) is 0.858. The van der Waals surface area contributed by atoms with Gasteiger partial charge in [0.25, 0.3) is 0 Å². The van der Waals surface area contributed by atoms with E-state index in [-0.39, 0.29) is 29.2 Å². The van der Waals surface area contributed by atoms with Gasteiger partial charge < -0.3 is 10.2 Å². The van der Waals surface area contributed by atoms with Gasteiger partial charge in [-0.1, -0.05) is 27.7 Å². The third-order valence-electron chi connectivity index (χ3n) is 5.07. The molecular formula is C16H28N2O2. The van der Waals surface area contributed by atoms with Crippen LogP contribution in [0.2, 0.25) is 0 Å². The highest BCUT2D eigenvalue weighted by Gasteiger charge is 2.53. The topological polar surface area (TPSA) is 49.4 Å². The van der Waals surface area contributed by atoms with E-state index >= 15 is 0 Å². The summed E-state index contributed by atoms with van der Waals surface area (Å²) in [5, 5.41) is 2.87. The molecule has 0 bridgehead atoms. The maximum Gasteiger partial charge on any atom is 0.248 e. The number of piperazine rings is 1. The molecule has 4 nitrogen and oxygen atoms in total. The number of amides is 2. The first-order valence-electron chi connectivity index (χ1n) is 7.74. The Bertz CT molecular complexity index is 422. The van der Waals surface area contributed by atoms with Gasteiger partial charge in [0.15, 0.2) is 0 Å². The van der Waals surface area contributed by atoms with E-state index in [2.05, 4.69) is 19.2 Å². The van der Waals surface area contributed by atoms with E-state index in [4.69, 9.17) is 0 Å². The zero-order valence-electron chi connectivity index (χ0n) is 13.6. The van der Waals surface area contributed by atoms with Crippen molar-refractivity contribution in [1.29, 1.82) is 0 Å². The molecule has 0 aromatic carbocycles. The fraction of sp³-hybridized carbons (Fsp3) is 0.875. The maximum absolute atomic E-state index is 12.7. The molecule has 1 aliphatic carbocycles. The van der Waals surface area contributed by atoms with Crippen LogP contribution in [0, 0.1) is 17.3 Å². The van der Waals surface area contributed by atoms with Crippen molar-refractivity contribution in [3.8, 4) is 0 Å². The number of hydrogen-bond acceptors (Lipinski definition) is 2. The van der Waals surface area contributed by atoms with Gasteiger partial charge in [0, 0.05) is 6.54 Å². The summed E-state index contributed by atoms with van der Waals surface area (Å²) in [6, 6.07) is -0.327. The minimum atomic E-state index is -0.782. The lowest BCUT2D eigenvalue weighted by molar-refractivity contribution is -0.156. The number of rotatable bonds is 4. The largest absolute Gasteiger partial charge is 0.340 e. The van der Waals surface area contributed by atoms with Crippen molar-refractivity contribution in [1.82, 2.24) is 10.2 Å². The number of carbonyl (C=O) groups is 2. The molecular weight excluding hydrogens is 252 g/mol.